The summed E-state index contributed by atoms with van der Waals surface area (Å²) in [6.07, 6.45) is 1.16. The molecule has 1 heterocycles. The van der Waals surface area contributed by atoms with Crippen LogP contribution < -0.4 is 5.32 Å². The molecule has 4 heteroatoms. The predicted octanol–water partition coefficient (Wildman–Crippen LogP) is 1.75. The number of hydrogen-bond donors (Lipinski definition) is 1. The van der Waals surface area contributed by atoms with E-state index in [9.17, 15) is 0 Å². The number of nitrogens with zero attached hydrogens (tertiary/aromatic N) is 1. The largest absolute Gasteiger partial charge is 0.383 e. The van der Waals surface area contributed by atoms with E-state index < -0.39 is 0 Å². The minimum atomic E-state index is 0.266. The Morgan fingerprint density at radius 2 is 2.05 bits per heavy atom. The molecule has 1 saturated heterocycles. The molecule has 1 rings (SSSR count). The summed E-state index contributed by atoms with van der Waals surface area (Å²) in [7, 11) is 1.77. The number of methoxy groups -OCH3 is 1. The zero-order chi connectivity index (χ0) is 14.3. The highest BCUT2D eigenvalue weighted by Crippen LogP contribution is 2.29. The van der Waals surface area contributed by atoms with E-state index in [1.165, 1.54) is 0 Å². The molecular formula is C15H32N2O2. The highest BCUT2D eigenvalue weighted by atomic mass is 16.5. The van der Waals surface area contributed by atoms with Crippen molar-refractivity contribution in [1.29, 1.82) is 0 Å². The van der Waals surface area contributed by atoms with E-state index in [1.54, 1.807) is 7.11 Å². The zero-order valence-corrected chi connectivity index (χ0v) is 13.4. The van der Waals surface area contributed by atoms with Crippen LogP contribution in [-0.2, 0) is 9.47 Å². The second kappa shape index (κ2) is 8.20. The second-order valence-corrected chi connectivity index (χ2v) is 6.40. The van der Waals surface area contributed by atoms with Gasteiger partial charge in [0.05, 0.1) is 13.2 Å². The van der Waals surface area contributed by atoms with Crippen molar-refractivity contribution in [3.05, 3.63) is 0 Å². The third-order valence-electron chi connectivity index (χ3n) is 3.92. The van der Waals surface area contributed by atoms with Crippen LogP contribution in [0, 0.1) is 5.41 Å². The quantitative estimate of drug-likeness (QED) is 0.693. The van der Waals surface area contributed by atoms with Crippen molar-refractivity contribution < 1.29 is 9.47 Å². The Hall–Kier alpha value is -0.160. The molecule has 0 saturated carbocycles. The lowest BCUT2D eigenvalue weighted by atomic mass is 9.86. The van der Waals surface area contributed by atoms with Crippen molar-refractivity contribution in [3.8, 4) is 0 Å². The average Bonchev–Trinajstić information content (AvgIpc) is 2.81. The standard InChI is InChI=1S/C15H32N2O2/c1-13(2)16-10-15(6-8-19-12-15)11-17(14(3)4)7-9-18-5/h13-14,16H,6-12H2,1-5H3. The molecule has 0 aromatic heterocycles. The van der Waals surface area contributed by atoms with Crippen LogP contribution in [0.3, 0.4) is 0 Å². The molecule has 4 nitrogen and oxygen atoms in total. The molecule has 1 fully saturated rings. The summed E-state index contributed by atoms with van der Waals surface area (Å²) in [5, 5.41) is 3.59. The van der Waals surface area contributed by atoms with Crippen molar-refractivity contribution >= 4 is 0 Å². The summed E-state index contributed by atoms with van der Waals surface area (Å²) in [6.45, 7) is 14.6. The van der Waals surface area contributed by atoms with Crippen molar-refractivity contribution in [2.75, 3.05) is 46.6 Å². The molecule has 1 unspecified atom stereocenters. The van der Waals surface area contributed by atoms with Gasteiger partial charge in [0, 0.05) is 50.8 Å². The highest BCUT2D eigenvalue weighted by molar-refractivity contribution is 4.89. The summed E-state index contributed by atoms with van der Waals surface area (Å²) in [6, 6.07) is 1.08. The molecular weight excluding hydrogens is 240 g/mol. The molecule has 1 aliphatic rings. The maximum atomic E-state index is 5.68. The van der Waals surface area contributed by atoms with Gasteiger partial charge < -0.3 is 14.8 Å². The fourth-order valence-electron chi connectivity index (χ4n) is 2.55. The summed E-state index contributed by atoms with van der Waals surface area (Å²) < 4.78 is 10.9. The zero-order valence-electron chi connectivity index (χ0n) is 13.4. The number of nitrogens with one attached hydrogen (secondary N) is 1. The first-order valence-electron chi connectivity index (χ1n) is 7.53. The van der Waals surface area contributed by atoms with Crippen LogP contribution in [0.25, 0.3) is 0 Å². The lowest BCUT2D eigenvalue weighted by molar-refractivity contribution is 0.0698. The van der Waals surface area contributed by atoms with Crippen LogP contribution >= 0.6 is 0 Å². The molecule has 19 heavy (non-hydrogen) atoms. The van der Waals surface area contributed by atoms with E-state index in [4.69, 9.17) is 9.47 Å². The van der Waals surface area contributed by atoms with Gasteiger partial charge in [-0.25, -0.2) is 0 Å². The lowest BCUT2D eigenvalue weighted by Gasteiger charge is -2.37. The topological polar surface area (TPSA) is 33.7 Å². The van der Waals surface area contributed by atoms with Crippen molar-refractivity contribution in [1.82, 2.24) is 10.2 Å². The minimum absolute atomic E-state index is 0.266. The van der Waals surface area contributed by atoms with Gasteiger partial charge >= 0.3 is 0 Å². The molecule has 114 valence electrons. The van der Waals surface area contributed by atoms with Gasteiger partial charge in [-0.3, -0.25) is 4.90 Å². The SMILES string of the molecule is COCCN(CC1(CNC(C)C)CCOC1)C(C)C. The minimum Gasteiger partial charge on any atom is -0.383 e. The summed E-state index contributed by atoms with van der Waals surface area (Å²) >= 11 is 0. The van der Waals surface area contributed by atoms with Gasteiger partial charge in [-0.05, 0) is 20.3 Å². The Labute approximate surface area is 118 Å². The fourth-order valence-corrected chi connectivity index (χ4v) is 2.55. The van der Waals surface area contributed by atoms with E-state index in [-0.39, 0.29) is 5.41 Å². The van der Waals surface area contributed by atoms with Gasteiger partial charge in [-0.1, -0.05) is 13.8 Å². The molecule has 0 spiro atoms. The van der Waals surface area contributed by atoms with Gasteiger partial charge in [-0.2, -0.15) is 0 Å². The van der Waals surface area contributed by atoms with Gasteiger partial charge in [0.2, 0.25) is 0 Å². The molecule has 0 radical (unpaired) electrons. The third-order valence-corrected chi connectivity index (χ3v) is 3.92. The van der Waals surface area contributed by atoms with E-state index in [1.807, 2.05) is 0 Å². The normalized spacial score (nSPS) is 24.0. The molecule has 0 amide bonds. The van der Waals surface area contributed by atoms with E-state index >= 15 is 0 Å². The molecule has 1 atom stereocenters. The first-order valence-corrected chi connectivity index (χ1v) is 7.53. The van der Waals surface area contributed by atoms with Crippen LogP contribution in [0.15, 0.2) is 0 Å². The fraction of sp³-hybridized carbons (Fsp3) is 1.00. The average molecular weight is 272 g/mol. The lowest BCUT2D eigenvalue weighted by Crippen LogP contribution is -2.48. The van der Waals surface area contributed by atoms with Gasteiger partial charge in [-0.15, -0.1) is 0 Å². The first-order chi connectivity index (χ1) is 8.99. The number of ether oxygens (including phenoxy) is 2. The summed E-state index contributed by atoms with van der Waals surface area (Å²) in [5.41, 5.74) is 0.266. The molecule has 1 N–H and O–H groups in total. The van der Waals surface area contributed by atoms with Gasteiger partial charge in [0.15, 0.2) is 0 Å². The first kappa shape index (κ1) is 16.9. The molecule has 0 aromatic rings. The van der Waals surface area contributed by atoms with E-state index in [2.05, 4.69) is 37.9 Å². The van der Waals surface area contributed by atoms with Crippen LogP contribution in [0.4, 0.5) is 0 Å². The van der Waals surface area contributed by atoms with Crippen LogP contribution in [0.2, 0.25) is 0 Å². The van der Waals surface area contributed by atoms with Crippen LogP contribution in [0.5, 0.6) is 0 Å². The maximum Gasteiger partial charge on any atom is 0.0589 e. The molecule has 0 aromatic carbocycles. The van der Waals surface area contributed by atoms with Crippen molar-refractivity contribution in [2.45, 2.75) is 46.2 Å². The Bertz CT molecular complexity index is 238. The third kappa shape index (κ3) is 5.78. The Balaban J connectivity index is 2.58. The molecule has 1 aliphatic heterocycles. The van der Waals surface area contributed by atoms with Crippen LogP contribution in [0.1, 0.15) is 34.1 Å². The Kier molecular flexibility index (Phi) is 7.29. The second-order valence-electron chi connectivity index (χ2n) is 6.40. The molecule has 0 bridgehead atoms. The smallest absolute Gasteiger partial charge is 0.0589 e. The Morgan fingerprint density at radius 3 is 2.53 bits per heavy atom. The van der Waals surface area contributed by atoms with Crippen LogP contribution in [-0.4, -0.2) is 63.5 Å². The van der Waals surface area contributed by atoms with Crippen molar-refractivity contribution in [3.63, 3.8) is 0 Å². The van der Waals surface area contributed by atoms with E-state index in [0.29, 0.717) is 12.1 Å². The summed E-state index contributed by atoms with van der Waals surface area (Å²) in [4.78, 5) is 2.51. The van der Waals surface area contributed by atoms with Gasteiger partial charge in [0.1, 0.15) is 0 Å². The van der Waals surface area contributed by atoms with Crippen molar-refractivity contribution in [2.24, 2.45) is 5.41 Å². The number of hydrogen-bond acceptors (Lipinski definition) is 4. The summed E-state index contributed by atoms with van der Waals surface area (Å²) in [5.74, 6) is 0. The highest BCUT2D eigenvalue weighted by Gasteiger charge is 2.37. The predicted molar refractivity (Wildman–Crippen MR) is 79.6 cm³/mol. The van der Waals surface area contributed by atoms with E-state index in [0.717, 1.165) is 45.9 Å². The number of rotatable bonds is 9. The Morgan fingerprint density at radius 1 is 1.32 bits per heavy atom. The van der Waals surface area contributed by atoms with Gasteiger partial charge in [0.25, 0.3) is 0 Å². The molecule has 0 aliphatic carbocycles. The monoisotopic (exact) mass is 272 g/mol. The maximum absolute atomic E-state index is 5.68.